The van der Waals surface area contributed by atoms with Crippen molar-refractivity contribution in [3.05, 3.63) is 265 Å². The van der Waals surface area contributed by atoms with E-state index in [-0.39, 0.29) is 5.41 Å². The molecule has 0 fully saturated rings. The van der Waals surface area contributed by atoms with Crippen LogP contribution in [0, 0.1) is 0 Å². The van der Waals surface area contributed by atoms with Crippen molar-refractivity contribution in [1.29, 1.82) is 0 Å². The van der Waals surface area contributed by atoms with Crippen LogP contribution in [-0.4, -0.2) is 0 Å². The van der Waals surface area contributed by atoms with E-state index in [2.05, 4.69) is 256 Å². The number of fused-ring (bicyclic) bond motifs is 8. The van der Waals surface area contributed by atoms with Gasteiger partial charge < -0.3 is 0 Å². The van der Waals surface area contributed by atoms with Crippen LogP contribution in [-0.2, 0) is 5.41 Å². The maximum Gasteiger partial charge on any atom is 0.0435 e. The number of hydrogen-bond donors (Lipinski definition) is 0. The Labute approximate surface area is 385 Å². The van der Waals surface area contributed by atoms with Crippen molar-refractivity contribution in [3.8, 4) is 66.8 Å². The van der Waals surface area contributed by atoms with Crippen molar-refractivity contribution < 1.29 is 0 Å². The van der Waals surface area contributed by atoms with Gasteiger partial charge in [0.05, 0.1) is 0 Å². The summed E-state index contributed by atoms with van der Waals surface area (Å²) in [6.07, 6.45) is 0. The Morgan fingerprint density at radius 1 is 0.258 bits per heavy atom. The molecule has 12 aromatic rings. The van der Waals surface area contributed by atoms with Crippen molar-refractivity contribution >= 4 is 43.1 Å². The minimum absolute atomic E-state index is 0.266. The molecule has 0 amide bonds. The van der Waals surface area contributed by atoms with Gasteiger partial charge in [-0.3, -0.25) is 0 Å². The summed E-state index contributed by atoms with van der Waals surface area (Å²) in [5.41, 5.74) is 18.6. The van der Waals surface area contributed by atoms with Crippen LogP contribution in [0.25, 0.3) is 110 Å². The van der Waals surface area contributed by atoms with Gasteiger partial charge in [0.2, 0.25) is 0 Å². The SMILES string of the molecule is CC1(c2ccccc2)c2ccccc2-c2cc3ccc(-c4cc(-c5ccccc5)cc(-c5c6ccccc6c(-c6ccccc6-c6ccccc6)c6c5ccc5ccccc56)c4)cc3cc21. The van der Waals surface area contributed by atoms with E-state index in [1.54, 1.807) is 0 Å². The first-order valence-corrected chi connectivity index (χ1v) is 23.1. The van der Waals surface area contributed by atoms with Gasteiger partial charge in [0.15, 0.2) is 0 Å². The molecule has 0 aliphatic heterocycles. The van der Waals surface area contributed by atoms with Crippen LogP contribution in [0.2, 0.25) is 0 Å². The highest BCUT2D eigenvalue weighted by Crippen LogP contribution is 2.54. The molecule has 0 spiro atoms. The fraction of sp³-hybridized carbons (Fsp3) is 0.0303. The van der Waals surface area contributed by atoms with Crippen LogP contribution in [0.4, 0.5) is 0 Å². The fourth-order valence-corrected chi connectivity index (χ4v) is 11.3. The summed E-state index contributed by atoms with van der Waals surface area (Å²) in [6, 6.07) is 92.6. The van der Waals surface area contributed by atoms with Gasteiger partial charge in [0.25, 0.3) is 0 Å². The van der Waals surface area contributed by atoms with Gasteiger partial charge in [0.1, 0.15) is 0 Å². The van der Waals surface area contributed by atoms with Crippen molar-refractivity contribution in [3.63, 3.8) is 0 Å². The lowest BCUT2D eigenvalue weighted by atomic mass is 9.74. The molecule has 12 aromatic carbocycles. The quantitative estimate of drug-likeness (QED) is 0.116. The van der Waals surface area contributed by atoms with Gasteiger partial charge in [-0.2, -0.15) is 0 Å². The molecular weight excluding hydrogens is 793 g/mol. The lowest BCUT2D eigenvalue weighted by molar-refractivity contribution is 0.715. The summed E-state index contributed by atoms with van der Waals surface area (Å²) >= 11 is 0. The predicted molar refractivity (Wildman–Crippen MR) is 281 cm³/mol. The first-order valence-electron chi connectivity index (χ1n) is 23.1. The van der Waals surface area contributed by atoms with Crippen LogP contribution in [0.3, 0.4) is 0 Å². The van der Waals surface area contributed by atoms with Crippen LogP contribution >= 0.6 is 0 Å². The van der Waals surface area contributed by atoms with Crippen LogP contribution in [0.5, 0.6) is 0 Å². The topological polar surface area (TPSA) is 0 Å². The summed E-state index contributed by atoms with van der Waals surface area (Å²) in [5.74, 6) is 0. The standard InChI is InChI=1S/C66H44/c1-66(52-24-9-4-10-25-52)61-32-18-17-28-55(61)60-41-47-34-33-46(37-50(47)42-62(60)66)49-38-48(43-19-5-2-6-20-43)39-51(40-49)63-57-30-15-16-31-58(57)65(64-54-27-12-11-23-45(54)35-36-59(63)64)56-29-14-13-26-53(56)44-21-7-3-8-22-44/h2-42H,1H3. The molecule has 0 nitrogen and oxygen atoms in total. The molecule has 0 heteroatoms. The number of benzene rings is 12. The molecule has 1 aliphatic carbocycles. The molecular formula is C66H44. The Morgan fingerprint density at radius 2 is 0.818 bits per heavy atom. The van der Waals surface area contributed by atoms with E-state index in [1.165, 1.54) is 127 Å². The van der Waals surface area contributed by atoms with Crippen molar-refractivity contribution in [2.75, 3.05) is 0 Å². The van der Waals surface area contributed by atoms with E-state index in [0.717, 1.165) is 0 Å². The molecule has 0 N–H and O–H groups in total. The molecule has 1 aliphatic rings. The molecule has 0 radical (unpaired) electrons. The third-order valence-corrected chi connectivity index (χ3v) is 14.5. The van der Waals surface area contributed by atoms with Crippen molar-refractivity contribution in [2.24, 2.45) is 0 Å². The zero-order chi connectivity index (χ0) is 43.8. The van der Waals surface area contributed by atoms with Crippen LogP contribution < -0.4 is 0 Å². The van der Waals surface area contributed by atoms with Gasteiger partial charge in [-0.1, -0.05) is 212 Å². The van der Waals surface area contributed by atoms with Gasteiger partial charge in [-0.25, -0.2) is 0 Å². The number of hydrogen-bond acceptors (Lipinski definition) is 0. The molecule has 66 heavy (non-hydrogen) atoms. The average Bonchev–Trinajstić information content (AvgIpc) is 3.64. The number of rotatable bonds is 6. The zero-order valence-corrected chi connectivity index (χ0v) is 36.7. The fourth-order valence-electron chi connectivity index (χ4n) is 11.3. The second-order valence-electron chi connectivity index (χ2n) is 18.1. The van der Waals surface area contributed by atoms with Crippen LogP contribution in [0.1, 0.15) is 23.6 Å². The Balaban J connectivity index is 1.07. The lowest BCUT2D eigenvalue weighted by Crippen LogP contribution is -2.22. The molecule has 0 saturated heterocycles. The maximum atomic E-state index is 2.47. The molecule has 1 unspecified atom stereocenters. The van der Waals surface area contributed by atoms with E-state index in [1.807, 2.05) is 0 Å². The summed E-state index contributed by atoms with van der Waals surface area (Å²) in [5, 5.41) is 9.99. The highest BCUT2D eigenvalue weighted by Gasteiger charge is 2.40. The Morgan fingerprint density at radius 3 is 1.58 bits per heavy atom. The molecule has 0 bridgehead atoms. The Kier molecular flexibility index (Phi) is 8.76. The summed E-state index contributed by atoms with van der Waals surface area (Å²) in [4.78, 5) is 0. The lowest BCUT2D eigenvalue weighted by Gasteiger charge is -2.28. The van der Waals surface area contributed by atoms with E-state index >= 15 is 0 Å². The summed E-state index contributed by atoms with van der Waals surface area (Å²) in [6.45, 7) is 2.40. The first kappa shape index (κ1) is 38.2. The van der Waals surface area contributed by atoms with E-state index in [9.17, 15) is 0 Å². The predicted octanol–water partition coefficient (Wildman–Crippen LogP) is 18.0. The van der Waals surface area contributed by atoms with Gasteiger partial charge >= 0.3 is 0 Å². The van der Waals surface area contributed by atoms with Crippen molar-refractivity contribution in [2.45, 2.75) is 12.3 Å². The molecule has 0 aromatic heterocycles. The molecule has 0 heterocycles. The third kappa shape index (κ3) is 5.92. The van der Waals surface area contributed by atoms with Gasteiger partial charge in [-0.15, -0.1) is 0 Å². The minimum Gasteiger partial charge on any atom is -0.0622 e. The monoisotopic (exact) mass is 836 g/mol. The Hall–Kier alpha value is -8.32. The summed E-state index contributed by atoms with van der Waals surface area (Å²) in [7, 11) is 0. The largest absolute Gasteiger partial charge is 0.0622 e. The second-order valence-corrected chi connectivity index (χ2v) is 18.1. The molecule has 13 rings (SSSR count). The third-order valence-electron chi connectivity index (χ3n) is 14.5. The smallest absolute Gasteiger partial charge is 0.0435 e. The highest BCUT2D eigenvalue weighted by molar-refractivity contribution is 6.28. The van der Waals surface area contributed by atoms with Crippen LogP contribution in [0.15, 0.2) is 249 Å². The Bertz CT molecular complexity index is 3860. The molecule has 308 valence electrons. The van der Waals surface area contributed by atoms with Gasteiger partial charge in [0, 0.05) is 5.41 Å². The van der Waals surface area contributed by atoms with Crippen molar-refractivity contribution in [1.82, 2.24) is 0 Å². The zero-order valence-electron chi connectivity index (χ0n) is 36.7. The minimum atomic E-state index is -0.266. The second kappa shape index (κ2) is 15.2. The highest BCUT2D eigenvalue weighted by atomic mass is 14.4. The van der Waals surface area contributed by atoms with E-state index < -0.39 is 0 Å². The normalized spacial score (nSPS) is 14.2. The van der Waals surface area contributed by atoms with E-state index in [0.29, 0.717) is 0 Å². The maximum absolute atomic E-state index is 2.47. The first-order chi connectivity index (χ1) is 32.6. The molecule has 0 saturated carbocycles. The van der Waals surface area contributed by atoms with E-state index in [4.69, 9.17) is 0 Å². The summed E-state index contributed by atoms with van der Waals surface area (Å²) < 4.78 is 0. The molecule has 1 atom stereocenters. The van der Waals surface area contributed by atoms with Gasteiger partial charge in [-0.05, 0) is 170 Å². The average molecular weight is 837 g/mol.